The smallest absolute Gasteiger partial charge is 0.407 e. The van der Waals surface area contributed by atoms with Crippen LogP contribution >= 0.6 is 57.5 Å². The number of rotatable bonds is 6. The largest absolute Gasteiger partial charge is 0.444 e. The minimum absolute atomic E-state index is 0.0745. The van der Waals surface area contributed by atoms with Gasteiger partial charge in [-0.05, 0) is 119 Å². The number of anilines is 1. The van der Waals surface area contributed by atoms with Crippen molar-refractivity contribution in [2.75, 3.05) is 5.32 Å². The second-order valence-corrected chi connectivity index (χ2v) is 19.5. The molecule has 4 atom stereocenters. The van der Waals surface area contributed by atoms with E-state index in [-0.39, 0.29) is 41.6 Å². The lowest BCUT2D eigenvalue weighted by Gasteiger charge is -2.21. The molecule has 4 aromatic rings. The molecule has 0 unspecified atom stereocenters. The predicted octanol–water partition coefficient (Wildman–Crippen LogP) is 9.64. The zero-order chi connectivity index (χ0) is 42.2. The van der Waals surface area contributed by atoms with Crippen LogP contribution in [-0.4, -0.2) is 77.5 Å². The highest BCUT2D eigenvalue weighted by Crippen LogP contribution is 2.35. The molecule has 57 heavy (non-hydrogen) atoms. The van der Waals surface area contributed by atoms with E-state index in [1.807, 2.05) is 69.2 Å². The van der Waals surface area contributed by atoms with Crippen molar-refractivity contribution in [3.05, 3.63) is 49.1 Å². The fourth-order valence-corrected chi connectivity index (χ4v) is 8.59. The molecule has 2 amide bonds. The summed E-state index contributed by atoms with van der Waals surface area (Å²) in [7, 11) is 0. The van der Waals surface area contributed by atoms with Crippen LogP contribution in [0.2, 0.25) is 15.3 Å². The van der Waals surface area contributed by atoms with Gasteiger partial charge in [-0.1, -0.05) is 23.2 Å². The van der Waals surface area contributed by atoms with Gasteiger partial charge in [0.2, 0.25) is 11.2 Å². The summed E-state index contributed by atoms with van der Waals surface area (Å²) in [5, 5.41) is 12.3. The van der Waals surface area contributed by atoms with Gasteiger partial charge in [-0.2, -0.15) is 0 Å². The van der Waals surface area contributed by atoms with Gasteiger partial charge in [0.05, 0.1) is 53.6 Å². The number of carbonyl (C=O) groups excluding carboxylic acids is 2. The first-order valence-corrected chi connectivity index (χ1v) is 21.4. The lowest BCUT2D eigenvalue weighted by Crippen LogP contribution is -2.38. The maximum absolute atomic E-state index is 12.0. The summed E-state index contributed by atoms with van der Waals surface area (Å²) in [6.07, 6.45) is 7.80. The van der Waals surface area contributed by atoms with Crippen LogP contribution in [0.15, 0.2) is 12.4 Å². The van der Waals surface area contributed by atoms with Crippen LogP contribution < -0.4 is 21.7 Å². The Morgan fingerprint density at radius 3 is 1.60 bits per heavy atom. The fourth-order valence-electron chi connectivity index (χ4n) is 6.12. The predicted molar refractivity (Wildman–Crippen MR) is 230 cm³/mol. The normalized spacial score (nSPS) is 19.1. The minimum Gasteiger partial charge on any atom is -0.444 e. The van der Waals surface area contributed by atoms with Gasteiger partial charge >= 0.3 is 12.2 Å². The van der Waals surface area contributed by atoms with Crippen molar-refractivity contribution in [3.8, 4) is 21.1 Å². The number of aromatic nitrogens is 6. The van der Waals surface area contributed by atoms with Gasteiger partial charge in [-0.3, -0.25) is 0 Å². The summed E-state index contributed by atoms with van der Waals surface area (Å²) in [4.78, 5) is 50.8. The van der Waals surface area contributed by atoms with Crippen molar-refractivity contribution in [3.63, 3.8) is 0 Å². The number of alkyl carbamates (subject to hydrolysis) is 2. The van der Waals surface area contributed by atoms with Gasteiger partial charge in [0.1, 0.15) is 22.6 Å². The maximum atomic E-state index is 12.0. The van der Waals surface area contributed by atoms with Crippen LogP contribution in [0, 0.1) is 27.7 Å². The fraction of sp³-hybridized carbons (Fsp3) is 0.579. The molecule has 4 aromatic heterocycles. The molecule has 4 heterocycles. The van der Waals surface area contributed by atoms with E-state index < -0.39 is 11.2 Å². The van der Waals surface area contributed by atoms with Crippen molar-refractivity contribution < 1.29 is 19.1 Å². The zero-order valence-electron chi connectivity index (χ0n) is 34.1. The number of nitrogens with two attached hydrogens (primary N) is 1. The number of carbonyl (C=O) groups is 2. The van der Waals surface area contributed by atoms with E-state index in [0.717, 1.165) is 69.7 Å². The van der Waals surface area contributed by atoms with Gasteiger partial charge < -0.3 is 31.2 Å². The van der Waals surface area contributed by atoms with Gasteiger partial charge in [0, 0.05) is 24.2 Å². The molecule has 0 spiro atoms. The molecular weight excluding hydrogens is 831 g/mol. The third kappa shape index (κ3) is 15.0. The molecule has 2 saturated carbocycles. The summed E-state index contributed by atoms with van der Waals surface area (Å²) >= 11 is 21.2. The van der Waals surface area contributed by atoms with Crippen LogP contribution in [0.25, 0.3) is 21.1 Å². The molecule has 2 fully saturated rings. The third-order valence-corrected chi connectivity index (χ3v) is 11.3. The Morgan fingerprint density at radius 2 is 1.14 bits per heavy atom. The Labute approximate surface area is 357 Å². The van der Waals surface area contributed by atoms with Crippen molar-refractivity contribution >= 4 is 75.6 Å². The highest BCUT2D eigenvalue weighted by atomic mass is 35.5. The molecule has 19 heteroatoms. The van der Waals surface area contributed by atoms with E-state index in [0.29, 0.717) is 27.4 Å². The molecule has 0 saturated heterocycles. The van der Waals surface area contributed by atoms with E-state index in [4.69, 9.17) is 50.0 Å². The second kappa shape index (κ2) is 20.0. The Balaban J connectivity index is 0.000000209. The first-order chi connectivity index (χ1) is 26.5. The molecular formula is C38H53Cl3N10O4S2. The lowest BCUT2D eigenvalue weighted by molar-refractivity contribution is 0.0493. The Bertz CT molecular complexity index is 2000. The Morgan fingerprint density at radius 1 is 0.684 bits per heavy atom. The average molecular weight is 884 g/mol. The molecule has 14 nitrogen and oxygen atoms in total. The van der Waals surface area contributed by atoms with Crippen molar-refractivity contribution in [1.29, 1.82) is 0 Å². The summed E-state index contributed by atoms with van der Waals surface area (Å²) in [6.45, 7) is 18.9. The zero-order valence-corrected chi connectivity index (χ0v) is 38.0. The Hall–Kier alpha value is -3.41. The number of halogens is 3. The van der Waals surface area contributed by atoms with Crippen LogP contribution in [0.4, 0.5) is 15.5 Å². The van der Waals surface area contributed by atoms with Gasteiger partial charge in [0.15, 0.2) is 0 Å². The second-order valence-electron chi connectivity index (χ2n) is 15.9. The lowest BCUT2D eigenvalue weighted by atomic mass is 10.2. The SMILES string of the molecule is CC(C)(C)OC(=O)N[C@@H]1CC[C@H](N)C1.Cc1nc(C)c(-c2nc(Cl)ncc2Cl)s1.Cc1nc(C)c(-c2nc(N[C@H]3CC[C@@H](NC(=O)OC(C)(C)C)C3)ncc2Cl)s1. The molecule has 2 aliphatic rings. The summed E-state index contributed by atoms with van der Waals surface area (Å²) in [5.41, 5.74) is 7.99. The summed E-state index contributed by atoms with van der Waals surface area (Å²) in [6, 6.07) is 0.679. The number of hydrogen-bond acceptors (Lipinski definition) is 14. The first-order valence-electron chi connectivity index (χ1n) is 18.7. The number of aryl methyl sites for hydroxylation is 4. The van der Waals surface area contributed by atoms with E-state index in [1.165, 1.54) is 6.20 Å². The van der Waals surface area contributed by atoms with E-state index in [1.54, 1.807) is 28.9 Å². The van der Waals surface area contributed by atoms with Crippen molar-refractivity contribution in [2.45, 2.75) is 143 Å². The maximum Gasteiger partial charge on any atom is 0.407 e. The molecule has 312 valence electrons. The monoisotopic (exact) mass is 882 g/mol. The highest BCUT2D eigenvalue weighted by Gasteiger charge is 2.29. The van der Waals surface area contributed by atoms with Crippen LogP contribution in [0.3, 0.4) is 0 Å². The molecule has 2 aliphatic carbocycles. The summed E-state index contributed by atoms with van der Waals surface area (Å²) < 4.78 is 10.5. The van der Waals surface area contributed by atoms with Crippen molar-refractivity contribution in [2.24, 2.45) is 5.73 Å². The van der Waals surface area contributed by atoms with Gasteiger partial charge in [-0.25, -0.2) is 39.5 Å². The quantitative estimate of drug-likeness (QED) is 0.134. The van der Waals surface area contributed by atoms with Gasteiger partial charge in [0.25, 0.3) is 0 Å². The first kappa shape index (κ1) is 46.3. The topological polar surface area (TPSA) is 192 Å². The number of amides is 2. The summed E-state index contributed by atoms with van der Waals surface area (Å²) in [5.74, 6) is 0.535. The van der Waals surface area contributed by atoms with E-state index >= 15 is 0 Å². The molecule has 0 aromatic carbocycles. The minimum atomic E-state index is -0.499. The van der Waals surface area contributed by atoms with Crippen LogP contribution in [-0.2, 0) is 9.47 Å². The molecule has 0 radical (unpaired) electrons. The molecule has 0 bridgehead atoms. The van der Waals surface area contributed by atoms with Crippen molar-refractivity contribution in [1.82, 2.24) is 40.5 Å². The number of nitrogens with one attached hydrogen (secondary N) is 3. The van der Waals surface area contributed by atoms with E-state index in [2.05, 4.69) is 45.9 Å². The average Bonchev–Trinajstić information content (AvgIpc) is 3.86. The third-order valence-electron chi connectivity index (χ3n) is 8.38. The van der Waals surface area contributed by atoms with E-state index in [9.17, 15) is 9.59 Å². The molecule has 6 rings (SSSR count). The van der Waals surface area contributed by atoms with Crippen LogP contribution in [0.5, 0.6) is 0 Å². The number of thiazole rings is 2. The standard InChI is InChI=1S/C19H26ClN5O2S.C10H20N2O2.C9H7Cl2N3S/c1-10-16(28-11(2)22-10)15-14(20)9-21-17(25-15)23-12-6-7-13(8-12)24-18(26)27-19(3,4)5;1-10(2,3)14-9(13)12-8-5-4-7(11)6-8;1-4-8(15-5(2)13-4)7-6(10)3-12-9(11)14-7/h9,12-13H,6-8H2,1-5H3,(H,24,26)(H,21,23,25);7-8H,4-6,11H2,1-3H3,(H,12,13);3H,1-2H3/t12-,13+;7-,8+;/m00./s1. The molecule has 0 aliphatic heterocycles. The highest BCUT2D eigenvalue weighted by molar-refractivity contribution is 7.15. The van der Waals surface area contributed by atoms with Crippen LogP contribution in [0.1, 0.15) is 101 Å². The number of nitrogens with zero attached hydrogens (tertiary/aromatic N) is 6. The number of hydrogen-bond donors (Lipinski definition) is 4. The Kier molecular flexibility index (Phi) is 16.3. The van der Waals surface area contributed by atoms with Gasteiger partial charge in [-0.15, -0.1) is 22.7 Å². The number of ether oxygens (including phenoxy) is 2. The molecule has 5 N–H and O–H groups in total.